The number of unbranched alkanes of at least 4 members (excludes halogenated alkanes) is 1. The van der Waals surface area contributed by atoms with E-state index in [1.807, 2.05) is 13.8 Å². The summed E-state index contributed by atoms with van der Waals surface area (Å²) in [6.07, 6.45) is 2.73. The average molecular weight is 303 g/mol. The van der Waals surface area contributed by atoms with Crippen molar-refractivity contribution >= 4 is 29.0 Å². The van der Waals surface area contributed by atoms with Crippen molar-refractivity contribution in [2.24, 2.45) is 11.1 Å². The molecule has 0 amide bonds. The van der Waals surface area contributed by atoms with Crippen molar-refractivity contribution in [3.05, 3.63) is 28.2 Å². The minimum absolute atomic E-state index is 0.231. The topological polar surface area (TPSA) is 59.1 Å². The van der Waals surface area contributed by atoms with Crippen LogP contribution in [0.2, 0.25) is 10.0 Å². The lowest BCUT2D eigenvalue weighted by molar-refractivity contribution is 0.296. The maximum absolute atomic E-state index is 7.48. The fourth-order valence-electron chi connectivity index (χ4n) is 1.58. The molecule has 0 aliphatic heterocycles. The third kappa shape index (κ3) is 5.29. The highest BCUT2D eigenvalue weighted by Gasteiger charge is 2.20. The van der Waals surface area contributed by atoms with E-state index in [0.717, 1.165) is 19.3 Å². The Kier molecular flexibility index (Phi) is 5.95. The van der Waals surface area contributed by atoms with Crippen LogP contribution in [0.25, 0.3) is 0 Å². The Hall–Kier alpha value is -0.930. The van der Waals surface area contributed by atoms with Gasteiger partial charge in [-0.1, -0.05) is 37.0 Å². The number of halogens is 2. The van der Waals surface area contributed by atoms with Gasteiger partial charge in [0.05, 0.1) is 17.5 Å². The van der Waals surface area contributed by atoms with Gasteiger partial charge in [0.1, 0.15) is 5.75 Å². The molecule has 0 saturated heterocycles. The Morgan fingerprint density at radius 1 is 1.32 bits per heavy atom. The van der Waals surface area contributed by atoms with Crippen LogP contribution in [-0.4, -0.2) is 12.4 Å². The second-order valence-electron chi connectivity index (χ2n) is 5.18. The van der Waals surface area contributed by atoms with Crippen LogP contribution in [0.15, 0.2) is 18.2 Å². The van der Waals surface area contributed by atoms with E-state index in [4.69, 9.17) is 39.1 Å². The third-order valence-corrected chi connectivity index (χ3v) is 3.61. The summed E-state index contributed by atoms with van der Waals surface area (Å²) >= 11 is 11.8. The molecule has 106 valence electrons. The Morgan fingerprint density at radius 2 is 2.00 bits per heavy atom. The SMILES string of the molecule is CC(C)(CCCCOc1ccc(Cl)cc1Cl)C(=N)N. The summed E-state index contributed by atoms with van der Waals surface area (Å²) in [4.78, 5) is 0. The van der Waals surface area contributed by atoms with E-state index in [1.54, 1.807) is 18.2 Å². The summed E-state index contributed by atoms with van der Waals surface area (Å²) in [5, 5.41) is 8.60. The molecule has 3 N–H and O–H groups in total. The molecule has 0 spiro atoms. The molecule has 0 aliphatic carbocycles. The second kappa shape index (κ2) is 7.01. The molecular weight excluding hydrogens is 283 g/mol. The molecule has 19 heavy (non-hydrogen) atoms. The first-order valence-corrected chi connectivity index (χ1v) is 7.01. The van der Waals surface area contributed by atoms with Crippen molar-refractivity contribution in [1.82, 2.24) is 0 Å². The molecule has 1 rings (SSSR count). The Balaban J connectivity index is 2.30. The molecule has 1 aromatic carbocycles. The van der Waals surface area contributed by atoms with Gasteiger partial charge in [-0.15, -0.1) is 0 Å². The summed E-state index contributed by atoms with van der Waals surface area (Å²) in [5.74, 6) is 0.881. The van der Waals surface area contributed by atoms with Gasteiger partial charge in [0.15, 0.2) is 0 Å². The van der Waals surface area contributed by atoms with Crippen LogP contribution in [-0.2, 0) is 0 Å². The predicted octanol–water partition coefficient (Wildman–Crippen LogP) is 4.50. The quantitative estimate of drug-likeness (QED) is 0.442. The standard InChI is InChI=1S/C14H20Cl2N2O/c1-14(2,13(17)18)7-3-4-8-19-12-6-5-10(15)9-11(12)16/h5-6,9H,3-4,7-8H2,1-2H3,(H3,17,18). The molecular formula is C14H20Cl2N2O. The Labute approximate surface area is 124 Å². The van der Waals surface area contributed by atoms with Gasteiger partial charge < -0.3 is 10.5 Å². The molecule has 0 bridgehead atoms. The van der Waals surface area contributed by atoms with Crippen LogP contribution in [0.1, 0.15) is 33.1 Å². The fraction of sp³-hybridized carbons (Fsp3) is 0.500. The zero-order valence-electron chi connectivity index (χ0n) is 11.3. The fourth-order valence-corrected chi connectivity index (χ4v) is 2.04. The monoisotopic (exact) mass is 302 g/mol. The molecule has 0 atom stereocenters. The zero-order chi connectivity index (χ0) is 14.5. The van der Waals surface area contributed by atoms with Crippen molar-refractivity contribution in [2.45, 2.75) is 33.1 Å². The van der Waals surface area contributed by atoms with Crippen molar-refractivity contribution in [3.63, 3.8) is 0 Å². The molecule has 0 saturated carbocycles. The Morgan fingerprint density at radius 3 is 2.58 bits per heavy atom. The number of rotatable bonds is 7. The van der Waals surface area contributed by atoms with Gasteiger partial charge >= 0.3 is 0 Å². The number of amidine groups is 1. The summed E-state index contributed by atoms with van der Waals surface area (Å²) in [7, 11) is 0. The van der Waals surface area contributed by atoms with Crippen molar-refractivity contribution in [2.75, 3.05) is 6.61 Å². The predicted molar refractivity (Wildman–Crippen MR) is 81.5 cm³/mol. The number of benzene rings is 1. The van der Waals surface area contributed by atoms with Crippen molar-refractivity contribution in [3.8, 4) is 5.75 Å². The van der Waals surface area contributed by atoms with Crippen LogP contribution in [0.3, 0.4) is 0 Å². The smallest absolute Gasteiger partial charge is 0.137 e. The molecule has 0 aliphatic rings. The van der Waals surface area contributed by atoms with Gasteiger partial charge in [0.2, 0.25) is 0 Å². The maximum atomic E-state index is 7.48. The first kappa shape index (κ1) is 16.1. The summed E-state index contributed by atoms with van der Waals surface area (Å²) in [6, 6.07) is 5.18. The van der Waals surface area contributed by atoms with Gasteiger partial charge in [-0.05, 0) is 37.5 Å². The van der Waals surface area contributed by atoms with E-state index < -0.39 is 0 Å². The molecule has 3 nitrogen and oxygen atoms in total. The van der Waals surface area contributed by atoms with Crippen molar-refractivity contribution < 1.29 is 4.74 Å². The zero-order valence-corrected chi connectivity index (χ0v) is 12.8. The summed E-state index contributed by atoms with van der Waals surface area (Å²) in [6.45, 7) is 4.55. The first-order chi connectivity index (χ1) is 8.83. The van der Waals surface area contributed by atoms with Crippen LogP contribution < -0.4 is 10.5 Å². The highest BCUT2D eigenvalue weighted by molar-refractivity contribution is 6.35. The number of nitrogens with two attached hydrogens (primary N) is 1. The molecule has 5 heteroatoms. The lowest BCUT2D eigenvalue weighted by atomic mass is 9.86. The minimum atomic E-state index is -0.238. The molecule has 0 radical (unpaired) electrons. The molecule has 0 unspecified atom stereocenters. The van der Waals surface area contributed by atoms with Gasteiger partial charge in [0, 0.05) is 10.4 Å². The van der Waals surface area contributed by atoms with Gasteiger partial charge in [-0.25, -0.2) is 0 Å². The maximum Gasteiger partial charge on any atom is 0.137 e. The van der Waals surface area contributed by atoms with Crippen molar-refractivity contribution in [1.29, 1.82) is 5.41 Å². The van der Waals surface area contributed by atoms with Gasteiger partial charge in [-0.3, -0.25) is 5.41 Å². The lowest BCUT2D eigenvalue weighted by Crippen LogP contribution is -2.30. The highest BCUT2D eigenvalue weighted by atomic mass is 35.5. The number of nitrogens with one attached hydrogen (secondary N) is 1. The van der Waals surface area contributed by atoms with E-state index in [2.05, 4.69) is 0 Å². The van der Waals surface area contributed by atoms with E-state index >= 15 is 0 Å². The molecule has 0 heterocycles. The summed E-state index contributed by atoms with van der Waals surface area (Å²) in [5.41, 5.74) is 5.29. The number of hydrogen-bond donors (Lipinski definition) is 2. The third-order valence-electron chi connectivity index (χ3n) is 3.08. The highest BCUT2D eigenvalue weighted by Crippen LogP contribution is 2.28. The van der Waals surface area contributed by atoms with Crippen LogP contribution >= 0.6 is 23.2 Å². The summed E-state index contributed by atoms with van der Waals surface area (Å²) < 4.78 is 5.59. The van der Waals surface area contributed by atoms with E-state index in [0.29, 0.717) is 22.4 Å². The van der Waals surface area contributed by atoms with Gasteiger partial charge in [-0.2, -0.15) is 0 Å². The van der Waals surface area contributed by atoms with Gasteiger partial charge in [0.25, 0.3) is 0 Å². The largest absolute Gasteiger partial charge is 0.492 e. The second-order valence-corrected chi connectivity index (χ2v) is 6.02. The average Bonchev–Trinajstić information content (AvgIpc) is 2.31. The molecule has 0 aromatic heterocycles. The van der Waals surface area contributed by atoms with Crippen LogP contribution in [0, 0.1) is 10.8 Å². The molecule has 1 aromatic rings. The first-order valence-electron chi connectivity index (χ1n) is 6.25. The van der Waals surface area contributed by atoms with Crippen LogP contribution in [0.5, 0.6) is 5.75 Å². The number of ether oxygens (including phenoxy) is 1. The molecule has 0 fully saturated rings. The number of hydrogen-bond acceptors (Lipinski definition) is 2. The minimum Gasteiger partial charge on any atom is -0.492 e. The van der Waals surface area contributed by atoms with E-state index in [-0.39, 0.29) is 11.3 Å². The lowest BCUT2D eigenvalue weighted by Gasteiger charge is -2.22. The van der Waals surface area contributed by atoms with E-state index in [9.17, 15) is 0 Å². The Bertz CT molecular complexity index is 447. The van der Waals surface area contributed by atoms with Crippen LogP contribution in [0.4, 0.5) is 0 Å². The van der Waals surface area contributed by atoms with E-state index in [1.165, 1.54) is 0 Å². The normalized spacial score (nSPS) is 11.4.